The number of ether oxygens (including phenoxy) is 3. The number of hydrogen-bond acceptors (Lipinski definition) is 5. The van der Waals surface area contributed by atoms with E-state index in [1.807, 2.05) is 36.4 Å². The van der Waals surface area contributed by atoms with Gasteiger partial charge in [-0.05, 0) is 48.9 Å². The lowest BCUT2D eigenvalue weighted by Gasteiger charge is -2.40. The summed E-state index contributed by atoms with van der Waals surface area (Å²) in [5.74, 6) is 1.50. The highest BCUT2D eigenvalue weighted by Gasteiger charge is 2.31. The number of aliphatic hydroxyl groups is 1. The van der Waals surface area contributed by atoms with Crippen molar-refractivity contribution in [2.45, 2.75) is 25.2 Å². The molecule has 1 saturated heterocycles. The normalized spacial score (nSPS) is 20.9. The number of β-amino-alcohol motifs (C(OH)–C–C–N with tert-alkyl or cyclic N) is 1. The standard InChI is InChI=1S/C21H26BrNO4.ClH/c1-15-21(16-3-5-17(22)6-4-16)26-12-11-23(15)13-18(24)14-27-20-9-7-19(25-2)8-10-20;/h3-10,15,18,21,24H,11-14H2,1-2H3;1H. The number of methoxy groups -OCH3 is 1. The Morgan fingerprint density at radius 3 is 2.43 bits per heavy atom. The van der Waals surface area contributed by atoms with E-state index in [9.17, 15) is 5.11 Å². The Balaban J connectivity index is 0.00000280. The fraction of sp³-hybridized carbons (Fsp3) is 0.429. The third-order valence-corrected chi connectivity index (χ3v) is 5.36. The molecule has 0 radical (unpaired) electrons. The van der Waals surface area contributed by atoms with E-state index in [1.54, 1.807) is 7.11 Å². The summed E-state index contributed by atoms with van der Waals surface area (Å²) in [7, 11) is 1.63. The van der Waals surface area contributed by atoms with Gasteiger partial charge in [-0.1, -0.05) is 28.1 Å². The van der Waals surface area contributed by atoms with Crippen molar-refractivity contribution >= 4 is 28.3 Å². The van der Waals surface area contributed by atoms with Crippen LogP contribution in [-0.2, 0) is 4.74 Å². The summed E-state index contributed by atoms with van der Waals surface area (Å²) in [6.45, 7) is 4.39. The lowest BCUT2D eigenvalue weighted by Crippen LogP contribution is -2.49. The van der Waals surface area contributed by atoms with Crippen LogP contribution in [0.2, 0.25) is 0 Å². The molecular formula is C21H27BrClNO4. The summed E-state index contributed by atoms with van der Waals surface area (Å²) in [4.78, 5) is 2.26. The van der Waals surface area contributed by atoms with Gasteiger partial charge in [0.05, 0.1) is 19.8 Å². The zero-order chi connectivity index (χ0) is 19.2. The first kappa shape index (κ1) is 23.0. The first-order chi connectivity index (χ1) is 13.1. The van der Waals surface area contributed by atoms with E-state index in [4.69, 9.17) is 14.2 Å². The van der Waals surface area contributed by atoms with Crippen LogP contribution in [0, 0.1) is 0 Å². The number of nitrogens with zero attached hydrogens (tertiary/aromatic N) is 1. The van der Waals surface area contributed by atoms with E-state index in [-0.39, 0.29) is 31.2 Å². The zero-order valence-electron chi connectivity index (χ0n) is 16.1. The summed E-state index contributed by atoms with van der Waals surface area (Å²) >= 11 is 3.47. The van der Waals surface area contributed by atoms with E-state index in [1.165, 1.54) is 0 Å². The Kier molecular flexibility index (Phi) is 9.05. The SMILES string of the molecule is COc1ccc(OCC(O)CN2CCOC(c3ccc(Br)cc3)C2C)cc1.Cl. The van der Waals surface area contributed by atoms with Crippen LogP contribution in [0.5, 0.6) is 11.5 Å². The summed E-state index contributed by atoms with van der Waals surface area (Å²) < 4.78 is 17.9. The van der Waals surface area contributed by atoms with Gasteiger partial charge in [0, 0.05) is 23.6 Å². The van der Waals surface area contributed by atoms with Gasteiger partial charge in [-0.2, -0.15) is 0 Å². The molecule has 0 aromatic heterocycles. The Morgan fingerprint density at radius 1 is 1.14 bits per heavy atom. The van der Waals surface area contributed by atoms with Crippen LogP contribution in [0.1, 0.15) is 18.6 Å². The second kappa shape index (κ2) is 11.0. The molecule has 0 bridgehead atoms. The van der Waals surface area contributed by atoms with Crippen molar-refractivity contribution in [3.8, 4) is 11.5 Å². The lowest BCUT2D eigenvalue weighted by atomic mass is 10.0. The Labute approximate surface area is 181 Å². The van der Waals surface area contributed by atoms with Gasteiger partial charge in [-0.15, -0.1) is 12.4 Å². The molecular weight excluding hydrogens is 446 g/mol. The van der Waals surface area contributed by atoms with Gasteiger partial charge in [-0.3, -0.25) is 4.90 Å². The summed E-state index contributed by atoms with van der Waals surface area (Å²) in [5, 5.41) is 10.4. The van der Waals surface area contributed by atoms with Crippen LogP contribution >= 0.6 is 28.3 Å². The molecule has 1 N–H and O–H groups in total. The largest absolute Gasteiger partial charge is 0.497 e. The smallest absolute Gasteiger partial charge is 0.119 e. The second-order valence-electron chi connectivity index (χ2n) is 6.72. The highest BCUT2D eigenvalue weighted by molar-refractivity contribution is 9.10. The molecule has 5 nitrogen and oxygen atoms in total. The van der Waals surface area contributed by atoms with Crippen molar-refractivity contribution in [2.24, 2.45) is 0 Å². The highest BCUT2D eigenvalue weighted by atomic mass is 79.9. The molecule has 1 fully saturated rings. The molecule has 1 aliphatic heterocycles. The second-order valence-corrected chi connectivity index (χ2v) is 7.63. The van der Waals surface area contributed by atoms with Gasteiger partial charge >= 0.3 is 0 Å². The fourth-order valence-electron chi connectivity index (χ4n) is 3.30. The molecule has 2 aromatic carbocycles. The summed E-state index contributed by atoms with van der Waals surface area (Å²) in [6, 6.07) is 15.8. The van der Waals surface area contributed by atoms with E-state index in [0.29, 0.717) is 13.2 Å². The number of rotatable bonds is 7. The molecule has 154 valence electrons. The van der Waals surface area contributed by atoms with Crippen molar-refractivity contribution in [3.63, 3.8) is 0 Å². The first-order valence-electron chi connectivity index (χ1n) is 9.13. The fourth-order valence-corrected chi connectivity index (χ4v) is 3.57. The third kappa shape index (κ3) is 6.09. The molecule has 0 aliphatic carbocycles. The minimum absolute atomic E-state index is 0. The molecule has 0 saturated carbocycles. The van der Waals surface area contributed by atoms with Gasteiger partial charge < -0.3 is 19.3 Å². The van der Waals surface area contributed by atoms with Crippen molar-refractivity contribution in [1.82, 2.24) is 4.90 Å². The maximum absolute atomic E-state index is 10.4. The number of halogens is 2. The van der Waals surface area contributed by atoms with E-state index < -0.39 is 6.10 Å². The first-order valence-corrected chi connectivity index (χ1v) is 9.92. The minimum atomic E-state index is -0.571. The number of hydrogen-bond donors (Lipinski definition) is 1. The highest BCUT2D eigenvalue weighted by Crippen LogP contribution is 2.29. The summed E-state index contributed by atoms with van der Waals surface area (Å²) in [5.41, 5.74) is 1.15. The molecule has 2 aromatic rings. The Morgan fingerprint density at radius 2 is 1.79 bits per heavy atom. The maximum atomic E-state index is 10.4. The minimum Gasteiger partial charge on any atom is -0.497 e. The average molecular weight is 473 g/mol. The van der Waals surface area contributed by atoms with Crippen molar-refractivity contribution < 1.29 is 19.3 Å². The summed E-state index contributed by atoms with van der Waals surface area (Å²) in [6.07, 6.45) is -0.570. The predicted molar refractivity (Wildman–Crippen MR) is 116 cm³/mol. The quantitative estimate of drug-likeness (QED) is 0.658. The average Bonchev–Trinajstić information content (AvgIpc) is 2.69. The Hall–Kier alpha value is -1.31. The van der Waals surface area contributed by atoms with Crippen molar-refractivity contribution in [3.05, 3.63) is 58.6 Å². The van der Waals surface area contributed by atoms with Gasteiger partial charge in [0.25, 0.3) is 0 Å². The predicted octanol–water partition coefficient (Wildman–Crippen LogP) is 4.08. The van der Waals surface area contributed by atoms with Gasteiger partial charge in [0.1, 0.15) is 24.2 Å². The Bertz CT molecular complexity index is 713. The topological polar surface area (TPSA) is 51.2 Å². The third-order valence-electron chi connectivity index (χ3n) is 4.84. The molecule has 3 unspecified atom stereocenters. The van der Waals surface area contributed by atoms with Gasteiger partial charge in [-0.25, -0.2) is 0 Å². The molecule has 28 heavy (non-hydrogen) atoms. The molecule has 1 heterocycles. The number of benzene rings is 2. The van der Waals surface area contributed by atoms with Crippen LogP contribution in [0.4, 0.5) is 0 Å². The van der Waals surface area contributed by atoms with Crippen LogP contribution in [-0.4, -0.2) is 55.6 Å². The van der Waals surface area contributed by atoms with Crippen molar-refractivity contribution in [1.29, 1.82) is 0 Å². The van der Waals surface area contributed by atoms with E-state index >= 15 is 0 Å². The monoisotopic (exact) mass is 471 g/mol. The number of aliphatic hydroxyl groups excluding tert-OH is 1. The van der Waals surface area contributed by atoms with Gasteiger partial charge in [0.2, 0.25) is 0 Å². The molecule has 1 aliphatic rings. The van der Waals surface area contributed by atoms with Crippen LogP contribution in [0.25, 0.3) is 0 Å². The van der Waals surface area contributed by atoms with Crippen LogP contribution < -0.4 is 9.47 Å². The maximum Gasteiger partial charge on any atom is 0.119 e. The molecule has 3 atom stereocenters. The molecule has 0 spiro atoms. The van der Waals surface area contributed by atoms with Crippen LogP contribution in [0.3, 0.4) is 0 Å². The van der Waals surface area contributed by atoms with E-state index in [2.05, 4.69) is 39.9 Å². The molecule has 0 amide bonds. The van der Waals surface area contributed by atoms with Crippen molar-refractivity contribution in [2.75, 3.05) is 33.4 Å². The van der Waals surface area contributed by atoms with Crippen LogP contribution in [0.15, 0.2) is 53.0 Å². The lowest BCUT2D eigenvalue weighted by molar-refractivity contribution is -0.0804. The zero-order valence-corrected chi connectivity index (χ0v) is 18.5. The van der Waals surface area contributed by atoms with Gasteiger partial charge in [0.15, 0.2) is 0 Å². The number of morpholine rings is 1. The molecule has 7 heteroatoms. The van der Waals surface area contributed by atoms with E-state index in [0.717, 1.165) is 28.1 Å². The molecule has 3 rings (SSSR count).